The topological polar surface area (TPSA) is 111 Å². The van der Waals surface area contributed by atoms with Gasteiger partial charge in [-0.05, 0) is 122 Å². The van der Waals surface area contributed by atoms with Gasteiger partial charge in [0.2, 0.25) is 0 Å². The number of hydrogen-bond donors (Lipinski definition) is 0. The molecular formula is C70H109NO8. The van der Waals surface area contributed by atoms with Crippen LogP contribution < -0.4 is 5.11 Å². The van der Waals surface area contributed by atoms with Crippen molar-refractivity contribution in [2.24, 2.45) is 0 Å². The molecule has 0 aliphatic carbocycles. The Morgan fingerprint density at radius 2 is 0.696 bits per heavy atom. The van der Waals surface area contributed by atoms with Gasteiger partial charge in [0.15, 0.2) is 12.4 Å². The predicted octanol–water partition coefficient (Wildman–Crippen LogP) is 17.0. The lowest BCUT2D eigenvalue weighted by molar-refractivity contribution is -0.870. The summed E-state index contributed by atoms with van der Waals surface area (Å²) < 4.78 is 22.6. The molecular weight excluding hydrogens is 983 g/mol. The Morgan fingerprint density at radius 3 is 1.05 bits per heavy atom. The van der Waals surface area contributed by atoms with Crippen molar-refractivity contribution < 1.29 is 42.9 Å². The van der Waals surface area contributed by atoms with Crippen LogP contribution in [0.15, 0.2) is 170 Å². The van der Waals surface area contributed by atoms with E-state index in [-0.39, 0.29) is 32.7 Å². The number of hydrogen-bond acceptors (Lipinski definition) is 8. The van der Waals surface area contributed by atoms with E-state index in [0.717, 1.165) is 122 Å². The maximum atomic E-state index is 12.9. The number of aliphatic carboxylic acids is 1. The van der Waals surface area contributed by atoms with Gasteiger partial charge in [-0.25, -0.2) is 0 Å². The first-order chi connectivity index (χ1) is 38.6. The van der Waals surface area contributed by atoms with Gasteiger partial charge >= 0.3 is 11.9 Å². The highest BCUT2D eigenvalue weighted by Gasteiger charge is 2.22. The maximum absolute atomic E-state index is 12.9. The molecule has 2 unspecified atom stereocenters. The van der Waals surface area contributed by atoms with Gasteiger partial charge in [0.05, 0.1) is 40.3 Å². The number of allylic oxidation sites excluding steroid dienone is 28. The van der Waals surface area contributed by atoms with E-state index in [0.29, 0.717) is 23.9 Å². The van der Waals surface area contributed by atoms with E-state index in [1.54, 1.807) is 0 Å². The standard InChI is InChI=1S/C70H109NO8/c1-6-8-10-12-14-16-18-20-22-24-26-28-30-31-32-33-34-35-36-37-39-41-43-45-47-49-51-53-55-57-59-61-68(73)79-66(65-78-70(69(74)75)76-63-62-71(3,4)5)64-77-67(72)60-58-56-54-52-50-48-46-44-42-40-38-29-27-25-23-21-19-17-15-13-11-9-7-2/h8-11,14-17,20-23,26-29,31-32,34-35,37,39-40,42,46,48,52,54,66,70H,6-7,12-13,18-19,24-25,30,33,36,38,41,43-45,47,49-51,53,55-65H2,1-5H3/b10-8-,11-9-,16-14-,17-15-,22-20-,23-21-,28-26-,29-27-,32-31-,35-34-,39-37-,42-40-,48-46-,54-52-. The smallest absolute Gasteiger partial charge is 0.306 e. The zero-order valence-electron chi connectivity index (χ0n) is 50.2. The highest BCUT2D eigenvalue weighted by atomic mass is 16.7. The van der Waals surface area contributed by atoms with E-state index in [1.165, 1.54) is 32.1 Å². The fourth-order valence-electron chi connectivity index (χ4n) is 7.39. The quantitative estimate of drug-likeness (QED) is 0.0195. The second-order valence-corrected chi connectivity index (χ2v) is 20.5. The number of carbonyl (C=O) groups is 3. The summed E-state index contributed by atoms with van der Waals surface area (Å²) in [5, 5.41) is 11.8. The minimum absolute atomic E-state index is 0.127. The molecule has 0 aromatic heterocycles. The third-order valence-corrected chi connectivity index (χ3v) is 12.0. The summed E-state index contributed by atoms with van der Waals surface area (Å²) in [5.74, 6) is -2.39. The lowest BCUT2D eigenvalue weighted by Gasteiger charge is -2.26. The average molecular weight is 1090 g/mol. The summed E-state index contributed by atoms with van der Waals surface area (Å²) in [4.78, 5) is 37.3. The Hall–Kier alpha value is -5.35. The van der Waals surface area contributed by atoms with Crippen LogP contribution in [0.2, 0.25) is 0 Å². The molecule has 0 bridgehead atoms. The molecule has 0 N–H and O–H groups in total. The molecule has 442 valence electrons. The molecule has 79 heavy (non-hydrogen) atoms. The number of unbranched alkanes of at least 4 members (excludes halogenated alkanes) is 10. The lowest BCUT2D eigenvalue weighted by Crippen LogP contribution is -2.44. The number of esters is 2. The first-order valence-corrected chi connectivity index (χ1v) is 30.3. The molecule has 0 fully saturated rings. The van der Waals surface area contributed by atoms with E-state index >= 15 is 0 Å². The van der Waals surface area contributed by atoms with Crippen LogP contribution in [0.3, 0.4) is 0 Å². The van der Waals surface area contributed by atoms with E-state index < -0.39 is 30.3 Å². The Bertz CT molecular complexity index is 1900. The van der Waals surface area contributed by atoms with Crippen LogP contribution in [-0.2, 0) is 33.3 Å². The molecule has 0 heterocycles. The van der Waals surface area contributed by atoms with Crippen LogP contribution >= 0.6 is 0 Å². The number of quaternary nitrogens is 1. The van der Waals surface area contributed by atoms with Crippen molar-refractivity contribution in [3.05, 3.63) is 170 Å². The Kier molecular flexibility index (Phi) is 54.8. The maximum Gasteiger partial charge on any atom is 0.306 e. The van der Waals surface area contributed by atoms with Crippen LogP contribution in [0, 0.1) is 0 Å². The number of rotatable bonds is 53. The minimum Gasteiger partial charge on any atom is -0.545 e. The summed E-state index contributed by atoms with van der Waals surface area (Å²) in [7, 11) is 5.89. The number of carboxylic acids is 1. The number of carbonyl (C=O) groups excluding carboxylic acids is 3. The molecule has 0 spiro atoms. The van der Waals surface area contributed by atoms with Crippen LogP contribution in [0.5, 0.6) is 0 Å². The Balaban J connectivity index is 4.37. The van der Waals surface area contributed by atoms with Gasteiger partial charge in [0.25, 0.3) is 0 Å². The van der Waals surface area contributed by atoms with E-state index in [2.05, 4.69) is 184 Å². The normalized spacial score (nSPS) is 14.0. The van der Waals surface area contributed by atoms with E-state index in [4.69, 9.17) is 18.9 Å². The highest BCUT2D eigenvalue weighted by Crippen LogP contribution is 2.14. The van der Waals surface area contributed by atoms with Gasteiger partial charge in [0.1, 0.15) is 13.2 Å². The van der Waals surface area contributed by atoms with Crippen LogP contribution in [0.1, 0.15) is 194 Å². The SMILES string of the molecule is CC/C=C\C/C=C\C/C=C\C/C=C\C/C=C\C/C=C\C/C=C\CCCCCCCCCCCC(=O)OC(COC(=O)CCC/C=C\C/C=C\C/C=C\C/C=C\C/C=C\C/C=C\C/C=C\CC)COC(OCC[N+](C)(C)C)C(=O)[O-]. The fraction of sp³-hybridized carbons (Fsp3) is 0.557. The minimum atomic E-state index is -1.65. The average Bonchev–Trinajstić information content (AvgIpc) is 3.42. The molecule has 0 aromatic rings. The van der Waals surface area contributed by atoms with Crippen molar-refractivity contribution in [1.29, 1.82) is 0 Å². The number of ether oxygens (including phenoxy) is 4. The Labute approximate surface area is 482 Å². The molecule has 9 nitrogen and oxygen atoms in total. The van der Waals surface area contributed by atoms with Gasteiger partial charge in [0, 0.05) is 12.8 Å². The molecule has 0 aliphatic rings. The van der Waals surface area contributed by atoms with Gasteiger partial charge < -0.3 is 33.3 Å². The number of carboxylic acid groups (broad SMARTS) is 1. The Morgan fingerprint density at radius 1 is 0.380 bits per heavy atom. The largest absolute Gasteiger partial charge is 0.545 e. The van der Waals surface area contributed by atoms with Crippen molar-refractivity contribution >= 4 is 17.9 Å². The predicted molar refractivity (Wildman–Crippen MR) is 333 cm³/mol. The molecule has 0 saturated carbocycles. The molecule has 0 rings (SSSR count). The third-order valence-electron chi connectivity index (χ3n) is 12.0. The van der Waals surface area contributed by atoms with Crippen molar-refractivity contribution in [2.45, 2.75) is 206 Å². The van der Waals surface area contributed by atoms with Crippen LogP contribution in [0.4, 0.5) is 0 Å². The molecule has 9 heteroatoms. The summed E-state index contributed by atoms with van der Waals surface area (Å²) in [6.45, 7) is 4.41. The first-order valence-electron chi connectivity index (χ1n) is 30.3. The van der Waals surface area contributed by atoms with Gasteiger partial charge in [-0.1, -0.05) is 229 Å². The number of nitrogens with zero attached hydrogens (tertiary/aromatic N) is 1. The van der Waals surface area contributed by atoms with Gasteiger partial charge in [-0.15, -0.1) is 0 Å². The summed E-state index contributed by atoms with van der Waals surface area (Å²) in [5.41, 5.74) is 0. The monoisotopic (exact) mass is 1090 g/mol. The molecule has 2 atom stereocenters. The summed E-state index contributed by atoms with van der Waals surface area (Å²) in [6, 6.07) is 0. The highest BCUT2D eigenvalue weighted by molar-refractivity contribution is 5.70. The molecule has 0 amide bonds. The van der Waals surface area contributed by atoms with Crippen molar-refractivity contribution in [3.8, 4) is 0 Å². The summed E-state index contributed by atoms with van der Waals surface area (Å²) >= 11 is 0. The van der Waals surface area contributed by atoms with Crippen LogP contribution in [-0.4, -0.2) is 82.3 Å². The van der Waals surface area contributed by atoms with Gasteiger partial charge in [-0.2, -0.15) is 0 Å². The van der Waals surface area contributed by atoms with Gasteiger partial charge in [-0.3, -0.25) is 9.59 Å². The number of likely N-dealkylation sites (N-methyl/N-ethyl adjacent to an activating group) is 1. The fourth-order valence-corrected chi connectivity index (χ4v) is 7.39. The zero-order valence-corrected chi connectivity index (χ0v) is 50.2. The third kappa shape index (κ3) is 60.1. The van der Waals surface area contributed by atoms with Crippen molar-refractivity contribution in [2.75, 3.05) is 47.5 Å². The summed E-state index contributed by atoms with van der Waals surface area (Å²) in [6.07, 6.45) is 85.5. The van der Waals surface area contributed by atoms with E-state index in [1.807, 2.05) is 21.1 Å². The second-order valence-electron chi connectivity index (χ2n) is 20.5. The molecule has 0 aliphatic heterocycles. The molecule has 0 radical (unpaired) electrons. The second kappa shape index (κ2) is 58.8. The van der Waals surface area contributed by atoms with Crippen molar-refractivity contribution in [3.63, 3.8) is 0 Å². The van der Waals surface area contributed by atoms with Crippen LogP contribution in [0.25, 0.3) is 0 Å². The lowest BCUT2D eigenvalue weighted by atomic mass is 10.1. The zero-order chi connectivity index (χ0) is 57.6. The van der Waals surface area contributed by atoms with Crippen molar-refractivity contribution in [1.82, 2.24) is 0 Å². The first kappa shape index (κ1) is 73.7. The van der Waals surface area contributed by atoms with E-state index in [9.17, 15) is 19.5 Å². The molecule has 0 aromatic carbocycles. The molecule has 0 saturated heterocycles.